The maximum Gasteiger partial charge on any atom is 0.323 e. The molecule has 6 heteroatoms. The number of hydrogen-bond donors (Lipinski definition) is 0. The Morgan fingerprint density at radius 3 is 1.14 bits per heavy atom. The lowest BCUT2D eigenvalue weighted by Gasteiger charge is -2.01. The third-order valence-electron chi connectivity index (χ3n) is 3.50. The van der Waals surface area contributed by atoms with Crippen molar-refractivity contribution < 1.29 is 19.2 Å². The maximum absolute atomic E-state index is 11.0. The van der Waals surface area contributed by atoms with Crippen molar-refractivity contribution in [2.75, 3.05) is 0 Å². The topological polar surface area (TPSA) is 107 Å². The Balaban J connectivity index is 3.20. The highest BCUT2D eigenvalue weighted by molar-refractivity contribution is 6.25. The predicted octanol–water partition coefficient (Wildman–Crippen LogP) is 3.41. The lowest BCUT2D eigenvalue weighted by Crippen LogP contribution is -1.99. The van der Waals surface area contributed by atoms with Gasteiger partial charge in [0.2, 0.25) is 11.6 Å². The quantitative estimate of drug-likeness (QED) is 0.200. The molecule has 0 bridgehead atoms. The van der Waals surface area contributed by atoms with Crippen molar-refractivity contribution in [3.63, 3.8) is 0 Å². The molecule has 0 saturated heterocycles. The van der Waals surface area contributed by atoms with Gasteiger partial charge in [0.15, 0.2) is 0 Å². The first-order valence-electron chi connectivity index (χ1n) is 8.11. The molecule has 0 amide bonds. The number of Topliss-reactive ketones (excluding diaryl/α,β-unsaturated/α-hetero) is 2. The molecule has 0 rings (SSSR count). The van der Waals surface area contributed by atoms with Crippen LogP contribution in [0.15, 0.2) is 0 Å². The fraction of sp³-hybridized carbons (Fsp3) is 0.750. The van der Waals surface area contributed by atoms with Gasteiger partial charge in [-0.25, -0.2) is 0 Å². The van der Waals surface area contributed by atoms with Gasteiger partial charge in [-0.3, -0.25) is 9.59 Å². The minimum atomic E-state index is -0.119. The van der Waals surface area contributed by atoms with Gasteiger partial charge in [-0.15, -0.1) is 0 Å². The summed E-state index contributed by atoms with van der Waals surface area (Å²) >= 11 is 0. The first-order chi connectivity index (χ1) is 10.7. The van der Waals surface area contributed by atoms with Crippen LogP contribution in [-0.2, 0) is 9.59 Å². The van der Waals surface area contributed by atoms with Crippen LogP contribution >= 0.6 is 0 Å². The van der Waals surface area contributed by atoms with Crippen LogP contribution in [0.25, 0.3) is 11.1 Å². The van der Waals surface area contributed by atoms with Crippen molar-refractivity contribution in [2.24, 2.45) is 0 Å². The van der Waals surface area contributed by atoms with Crippen LogP contribution < -0.4 is 0 Å². The summed E-state index contributed by atoms with van der Waals surface area (Å²) in [6.45, 7) is 0. The van der Waals surface area contributed by atoms with Gasteiger partial charge in [0, 0.05) is 12.8 Å². The van der Waals surface area contributed by atoms with Gasteiger partial charge in [0.05, 0.1) is 0 Å². The summed E-state index contributed by atoms with van der Waals surface area (Å²) in [6.07, 6.45) is 13.7. The summed E-state index contributed by atoms with van der Waals surface area (Å²) in [5.74, 6) is -0.238. The van der Waals surface area contributed by atoms with E-state index in [1.807, 2.05) is 0 Å². The standard InChI is InChI=1S/C16H26N4O2/c17-19-13-15(21)11-9-7-5-3-1-2-4-6-8-10-12-16(22)14-20-18/h13-14H,1-12H2. The highest BCUT2D eigenvalue weighted by atomic mass is 16.1. The lowest BCUT2D eigenvalue weighted by molar-refractivity contribution is -0.116. The van der Waals surface area contributed by atoms with Crippen LogP contribution in [0.2, 0.25) is 0 Å². The van der Waals surface area contributed by atoms with Crippen molar-refractivity contribution in [1.29, 1.82) is 0 Å². The molecule has 0 aliphatic carbocycles. The van der Waals surface area contributed by atoms with Crippen LogP contribution in [0.3, 0.4) is 0 Å². The van der Waals surface area contributed by atoms with Crippen molar-refractivity contribution in [1.82, 2.24) is 0 Å². The second-order valence-corrected chi connectivity index (χ2v) is 5.46. The molecule has 0 aliphatic rings. The zero-order valence-corrected chi connectivity index (χ0v) is 13.2. The molecule has 0 fully saturated rings. The van der Waals surface area contributed by atoms with Crippen LogP contribution in [0.4, 0.5) is 0 Å². The van der Waals surface area contributed by atoms with Crippen LogP contribution in [0.5, 0.6) is 0 Å². The first-order valence-corrected chi connectivity index (χ1v) is 8.11. The summed E-state index contributed by atoms with van der Waals surface area (Å²) in [5.41, 5.74) is 16.4. The number of carbonyl (C=O) groups excluding carboxylic acids is 2. The number of carbonyl (C=O) groups is 2. The molecule has 0 atom stereocenters. The van der Waals surface area contributed by atoms with Gasteiger partial charge in [-0.2, -0.15) is 9.58 Å². The molecule has 6 nitrogen and oxygen atoms in total. The molecular formula is C16H26N4O2. The number of unbranched alkanes of at least 4 members (excludes halogenated alkanes) is 9. The summed E-state index contributed by atoms with van der Waals surface area (Å²) in [4.78, 5) is 27.5. The number of hydrogen-bond acceptors (Lipinski definition) is 2. The Hall–Kier alpha value is -1.90. The zero-order valence-electron chi connectivity index (χ0n) is 13.2. The third kappa shape index (κ3) is 14.5. The van der Waals surface area contributed by atoms with Gasteiger partial charge >= 0.3 is 12.4 Å². The Morgan fingerprint density at radius 1 is 0.591 bits per heavy atom. The second kappa shape index (κ2) is 15.5. The Kier molecular flexibility index (Phi) is 14.2. The molecule has 0 radical (unpaired) electrons. The maximum atomic E-state index is 11.0. The van der Waals surface area contributed by atoms with E-state index in [0.29, 0.717) is 12.8 Å². The van der Waals surface area contributed by atoms with E-state index in [2.05, 4.69) is 9.58 Å². The molecule has 0 aromatic heterocycles. The van der Waals surface area contributed by atoms with Crippen LogP contribution in [0, 0.1) is 0 Å². The predicted molar refractivity (Wildman–Crippen MR) is 84.8 cm³/mol. The number of rotatable bonds is 15. The molecule has 0 aliphatic heterocycles. The van der Waals surface area contributed by atoms with Gasteiger partial charge < -0.3 is 11.1 Å². The second-order valence-electron chi connectivity index (χ2n) is 5.46. The van der Waals surface area contributed by atoms with Gasteiger partial charge in [-0.1, -0.05) is 51.4 Å². The van der Waals surface area contributed by atoms with Crippen molar-refractivity contribution in [3.05, 3.63) is 11.1 Å². The molecule has 0 spiro atoms. The molecule has 122 valence electrons. The van der Waals surface area contributed by atoms with E-state index in [0.717, 1.165) is 51.0 Å². The van der Waals surface area contributed by atoms with Gasteiger partial charge in [0.25, 0.3) is 0 Å². The highest BCUT2D eigenvalue weighted by Gasteiger charge is 2.02. The monoisotopic (exact) mass is 306 g/mol. The average molecular weight is 306 g/mol. The zero-order chi connectivity index (χ0) is 16.5. The van der Waals surface area contributed by atoms with E-state index < -0.39 is 0 Å². The fourth-order valence-corrected chi connectivity index (χ4v) is 2.27. The van der Waals surface area contributed by atoms with E-state index in [9.17, 15) is 9.59 Å². The fourth-order valence-electron chi connectivity index (χ4n) is 2.27. The minimum Gasteiger partial charge on any atom is -0.361 e. The minimum absolute atomic E-state index is 0.119. The first kappa shape index (κ1) is 20.1. The van der Waals surface area contributed by atoms with Crippen molar-refractivity contribution >= 4 is 24.0 Å². The molecule has 0 saturated carbocycles. The molecule has 0 heterocycles. The molecular weight excluding hydrogens is 280 g/mol. The highest BCUT2D eigenvalue weighted by Crippen LogP contribution is 2.12. The molecule has 0 aromatic rings. The van der Waals surface area contributed by atoms with E-state index in [-0.39, 0.29) is 11.6 Å². The Labute approximate surface area is 132 Å². The summed E-state index contributed by atoms with van der Waals surface area (Å²) in [5, 5.41) is 0. The Bertz CT molecular complexity index is 382. The lowest BCUT2D eigenvalue weighted by atomic mass is 10.0. The molecule has 22 heavy (non-hydrogen) atoms. The normalized spacial score (nSPS) is 9.64. The van der Waals surface area contributed by atoms with E-state index >= 15 is 0 Å². The smallest absolute Gasteiger partial charge is 0.323 e. The SMILES string of the molecule is [N-]=[N+]=CC(=O)CCCCCCCCCCCCC(=O)C=[N+]=[N-]. The Morgan fingerprint density at radius 2 is 0.864 bits per heavy atom. The van der Waals surface area contributed by atoms with Gasteiger partial charge in [0.1, 0.15) is 0 Å². The van der Waals surface area contributed by atoms with Crippen molar-refractivity contribution in [2.45, 2.75) is 77.0 Å². The van der Waals surface area contributed by atoms with E-state index in [1.165, 1.54) is 25.7 Å². The summed E-state index contributed by atoms with van der Waals surface area (Å²) in [7, 11) is 0. The average Bonchev–Trinajstić information content (AvgIpc) is 2.49. The molecule has 0 aromatic carbocycles. The summed E-state index contributed by atoms with van der Waals surface area (Å²) < 4.78 is 0. The van der Waals surface area contributed by atoms with Crippen molar-refractivity contribution in [3.8, 4) is 0 Å². The number of nitrogens with zero attached hydrogens (tertiary/aromatic N) is 4. The summed E-state index contributed by atoms with van der Waals surface area (Å²) in [6, 6.07) is 0. The van der Waals surface area contributed by atoms with E-state index in [4.69, 9.17) is 11.1 Å². The molecule has 0 unspecified atom stereocenters. The van der Waals surface area contributed by atoms with Crippen LogP contribution in [-0.4, -0.2) is 33.6 Å². The van der Waals surface area contributed by atoms with Gasteiger partial charge in [-0.05, 0) is 12.8 Å². The van der Waals surface area contributed by atoms with Crippen LogP contribution in [0.1, 0.15) is 77.0 Å². The number of ketones is 2. The third-order valence-corrected chi connectivity index (χ3v) is 3.50. The molecule has 0 N–H and O–H groups in total. The largest absolute Gasteiger partial charge is 0.361 e. The van der Waals surface area contributed by atoms with E-state index in [1.54, 1.807) is 0 Å².